The summed E-state index contributed by atoms with van der Waals surface area (Å²) in [7, 11) is 0. The molecule has 0 amide bonds. The second-order valence-corrected chi connectivity index (χ2v) is 10.6. The predicted molar refractivity (Wildman–Crippen MR) is 141 cm³/mol. The van der Waals surface area contributed by atoms with E-state index in [4.69, 9.17) is 9.84 Å². The molecule has 11 heteroatoms. The first-order valence-electron chi connectivity index (χ1n) is 8.10. The van der Waals surface area contributed by atoms with E-state index in [-0.39, 0.29) is 25.1 Å². The minimum Gasteiger partial charge on any atom is -0.506 e. The fourth-order valence-electron chi connectivity index (χ4n) is 2.38. The topological polar surface area (TPSA) is 116 Å². The quantitative estimate of drug-likeness (QED) is 0.272. The van der Waals surface area contributed by atoms with Crippen molar-refractivity contribution in [2.75, 3.05) is 6.54 Å². The molecule has 1 atom stereocenters. The van der Waals surface area contributed by atoms with E-state index >= 15 is 0 Å². The van der Waals surface area contributed by atoms with Gasteiger partial charge in [0.15, 0.2) is 5.75 Å². The molecule has 29 heavy (non-hydrogen) atoms. The number of halogens is 4. The van der Waals surface area contributed by atoms with Crippen LogP contribution in [0.3, 0.4) is 0 Å². The lowest BCUT2D eigenvalue weighted by molar-refractivity contribution is -0.140. The Hall–Kier alpha value is -0.140. The minimum absolute atomic E-state index is 0.0831. The maximum absolute atomic E-state index is 11.5. The van der Waals surface area contributed by atoms with Crippen molar-refractivity contribution < 1.29 is 29.6 Å². The number of aromatic hydroxyl groups is 1. The van der Waals surface area contributed by atoms with Crippen LogP contribution in [0.1, 0.15) is 12.0 Å². The van der Waals surface area contributed by atoms with Gasteiger partial charge < -0.3 is 25.4 Å². The zero-order chi connectivity index (χ0) is 21.7. The molecule has 7 nitrogen and oxygen atoms in total. The molecule has 4 N–H and O–H groups in total. The average Bonchev–Trinajstić information content (AvgIpc) is 2.61. The lowest BCUT2D eigenvalue weighted by Crippen LogP contribution is -2.39. The zero-order valence-corrected chi connectivity index (χ0v) is 23.2. The summed E-state index contributed by atoms with van der Waals surface area (Å²) < 4.78 is 9.02. The third-order valence-electron chi connectivity index (χ3n) is 3.74. The number of nitrogens with one attached hydrogen (secondary N) is 1. The van der Waals surface area contributed by atoms with E-state index < -0.39 is 18.0 Å². The summed E-state index contributed by atoms with van der Waals surface area (Å²) in [6.07, 6.45) is 0.0755. The maximum atomic E-state index is 11.5. The van der Waals surface area contributed by atoms with Crippen molar-refractivity contribution in [3.8, 4) is 17.2 Å². The molecule has 0 aliphatic rings. The number of rotatable bonds is 9. The Morgan fingerprint density at radius 1 is 0.966 bits per heavy atom. The van der Waals surface area contributed by atoms with Crippen LogP contribution in [0.4, 0.5) is 0 Å². The van der Waals surface area contributed by atoms with E-state index in [9.17, 15) is 19.8 Å². The number of benzene rings is 2. The number of phenolic OH excluding ortho intramolecular Hbond substituents is 1. The van der Waals surface area contributed by atoms with Crippen LogP contribution >= 0.6 is 90.4 Å². The number of ether oxygens (including phenoxy) is 1. The number of aliphatic carboxylic acids is 2. The molecule has 0 saturated heterocycles. The van der Waals surface area contributed by atoms with Crippen LogP contribution in [-0.4, -0.2) is 39.8 Å². The van der Waals surface area contributed by atoms with E-state index in [2.05, 4.69) is 50.5 Å². The summed E-state index contributed by atoms with van der Waals surface area (Å²) in [6.45, 7) is 0.0831. The summed E-state index contributed by atoms with van der Waals surface area (Å²) >= 11 is 8.35. The first-order valence-corrected chi connectivity index (χ1v) is 12.4. The van der Waals surface area contributed by atoms with Crippen molar-refractivity contribution in [1.29, 1.82) is 0 Å². The molecular formula is C18H15I4NO6. The van der Waals surface area contributed by atoms with Crippen LogP contribution in [0, 0.1) is 14.3 Å². The Morgan fingerprint density at radius 3 is 2.00 bits per heavy atom. The lowest BCUT2D eigenvalue weighted by Gasteiger charge is -2.16. The molecule has 0 aliphatic heterocycles. The highest BCUT2D eigenvalue weighted by Gasteiger charge is 2.20. The van der Waals surface area contributed by atoms with Gasteiger partial charge in [-0.05, 0) is 127 Å². The molecule has 2 aromatic carbocycles. The molecule has 156 valence electrons. The van der Waals surface area contributed by atoms with Crippen molar-refractivity contribution in [2.24, 2.45) is 0 Å². The Labute approximate surface area is 221 Å². The highest BCUT2D eigenvalue weighted by molar-refractivity contribution is 14.1. The molecule has 0 aliphatic carbocycles. The summed E-state index contributed by atoms with van der Waals surface area (Å²) in [5.74, 6) is -0.551. The average molecular weight is 849 g/mol. The second kappa shape index (κ2) is 11.5. The number of carbonyl (C=O) groups is 2. The molecule has 2 aromatic rings. The highest BCUT2D eigenvalue weighted by atomic mass is 127. The van der Waals surface area contributed by atoms with Gasteiger partial charge in [-0.25, -0.2) is 0 Å². The third-order valence-corrected chi connectivity index (χ3v) is 6.98. The third kappa shape index (κ3) is 7.49. The Balaban J connectivity index is 2.19. The van der Waals surface area contributed by atoms with Crippen molar-refractivity contribution in [3.05, 3.63) is 44.1 Å². The van der Waals surface area contributed by atoms with Crippen molar-refractivity contribution in [1.82, 2.24) is 5.32 Å². The van der Waals surface area contributed by atoms with E-state index in [0.29, 0.717) is 18.6 Å². The maximum Gasteiger partial charge on any atom is 0.321 e. The van der Waals surface area contributed by atoms with E-state index in [1.165, 1.54) is 0 Å². The summed E-state index contributed by atoms with van der Waals surface area (Å²) in [5.41, 5.74) is 0.802. The smallest absolute Gasteiger partial charge is 0.321 e. The number of hydrogen-bond donors (Lipinski definition) is 4. The van der Waals surface area contributed by atoms with E-state index in [1.807, 2.05) is 57.3 Å². The van der Waals surface area contributed by atoms with Crippen molar-refractivity contribution in [3.63, 3.8) is 0 Å². The van der Waals surface area contributed by atoms with Crippen LogP contribution in [0.15, 0.2) is 24.3 Å². The molecule has 0 unspecified atom stereocenters. The minimum atomic E-state index is -1.03. The van der Waals surface area contributed by atoms with E-state index in [0.717, 1.165) is 12.7 Å². The molecule has 0 bridgehead atoms. The Kier molecular flexibility index (Phi) is 9.94. The van der Waals surface area contributed by atoms with Gasteiger partial charge in [-0.15, -0.1) is 0 Å². The van der Waals surface area contributed by atoms with Crippen molar-refractivity contribution in [2.45, 2.75) is 18.9 Å². The van der Waals surface area contributed by atoms with Crippen LogP contribution in [0.5, 0.6) is 17.2 Å². The number of carboxylic acid groups (broad SMARTS) is 2. The van der Waals surface area contributed by atoms with Gasteiger partial charge in [0.25, 0.3) is 0 Å². The summed E-state index contributed by atoms with van der Waals surface area (Å²) in [6, 6.07) is 6.30. The fraction of sp³-hybridized carbons (Fsp3) is 0.222. The van der Waals surface area contributed by atoms with Gasteiger partial charge in [0, 0.05) is 6.54 Å². The van der Waals surface area contributed by atoms with Gasteiger partial charge in [-0.3, -0.25) is 9.59 Å². The number of hydrogen-bond acceptors (Lipinski definition) is 5. The second-order valence-electron chi connectivity index (χ2n) is 5.92. The van der Waals surface area contributed by atoms with Crippen LogP contribution in [-0.2, 0) is 16.0 Å². The molecule has 0 aromatic heterocycles. The highest BCUT2D eigenvalue weighted by Crippen LogP contribution is 2.36. The van der Waals surface area contributed by atoms with Gasteiger partial charge in [0.2, 0.25) is 0 Å². The number of carboxylic acids is 2. The zero-order valence-electron chi connectivity index (χ0n) is 14.6. The molecule has 0 spiro atoms. The standard InChI is InChI=1S/C18H15I4NO6/c19-10-6-9(7-11(20)16(10)26)29-17-12(21)3-8(4-13(17)22)5-14(18(27)28)23-2-1-15(24)25/h3-4,6-7,14,23,26H,1-2,5H2,(H,24,25)(H,27,28)/t14-/m0/s1. The Bertz CT molecular complexity index is 891. The number of phenols is 1. The van der Waals surface area contributed by atoms with Crippen LogP contribution in [0.25, 0.3) is 0 Å². The molecule has 0 saturated carbocycles. The molecular weight excluding hydrogens is 834 g/mol. The fourth-order valence-corrected chi connectivity index (χ4v) is 6.21. The first kappa shape index (κ1) is 25.1. The molecule has 0 radical (unpaired) electrons. The monoisotopic (exact) mass is 849 g/mol. The predicted octanol–water partition coefficient (Wildman–Crippen LogP) is 4.66. The first-order chi connectivity index (χ1) is 13.6. The van der Waals surface area contributed by atoms with E-state index in [1.54, 1.807) is 12.1 Å². The largest absolute Gasteiger partial charge is 0.506 e. The normalized spacial score (nSPS) is 11.9. The molecule has 0 heterocycles. The summed E-state index contributed by atoms with van der Waals surface area (Å²) in [4.78, 5) is 22.1. The molecule has 2 rings (SSSR count). The van der Waals surface area contributed by atoms with Gasteiger partial charge in [-0.2, -0.15) is 0 Å². The van der Waals surface area contributed by atoms with Gasteiger partial charge >= 0.3 is 11.9 Å². The van der Waals surface area contributed by atoms with Crippen LogP contribution in [0.2, 0.25) is 0 Å². The van der Waals surface area contributed by atoms with Gasteiger partial charge in [0.05, 0.1) is 20.7 Å². The van der Waals surface area contributed by atoms with Gasteiger partial charge in [-0.1, -0.05) is 0 Å². The van der Waals surface area contributed by atoms with Gasteiger partial charge in [0.1, 0.15) is 17.5 Å². The van der Waals surface area contributed by atoms with Crippen molar-refractivity contribution >= 4 is 102 Å². The SMILES string of the molecule is O=C(O)CCN[C@@H](Cc1cc(I)c(Oc2cc(I)c(O)c(I)c2)c(I)c1)C(=O)O. The lowest BCUT2D eigenvalue weighted by atomic mass is 10.1. The summed E-state index contributed by atoms with van der Waals surface area (Å²) in [5, 5.41) is 30.8. The molecule has 0 fully saturated rings. The van der Waals surface area contributed by atoms with Crippen LogP contribution < -0.4 is 10.1 Å². The Morgan fingerprint density at radius 2 is 1.52 bits per heavy atom.